The Hall–Kier alpha value is -3.19. The van der Waals surface area contributed by atoms with Crippen LogP contribution in [-0.4, -0.2) is 47.1 Å². The van der Waals surface area contributed by atoms with E-state index in [0.29, 0.717) is 5.76 Å². The van der Waals surface area contributed by atoms with E-state index in [1.807, 2.05) is 30.5 Å². The van der Waals surface area contributed by atoms with Crippen LogP contribution in [0.15, 0.2) is 59.3 Å². The fourth-order valence-corrected chi connectivity index (χ4v) is 3.30. The lowest BCUT2D eigenvalue weighted by atomic mass is 10.1. The van der Waals surface area contributed by atoms with Crippen molar-refractivity contribution in [3.05, 3.63) is 71.7 Å². The van der Waals surface area contributed by atoms with E-state index >= 15 is 0 Å². The molecule has 1 amide bonds. The first kappa shape index (κ1) is 18.2. The summed E-state index contributed by atoms with van der Waals surface area (Å²) in [5.41, 5.74) is 2.25. The van der Waals surface area contributed by atoms with Crippen LogP contribution >= 0.6 is 0 Å². The zero-order chi connectivity index (χ0) is 19.3. The molecule has 1 aliphatic heterocycles. The highest BCUT2D eigenvalue weighted by molar-refractivity contribution is 6.02. The fraction of sp³-hybridized carbons (Fsp3) is 0.286. The Morgan fingerprint density at radius 3 is 2.54 bits per heavy atom. The van der Waals surface area contributed by atoms with Gasteiger partial charge >= 0.3 is 0 Å². The summed E-state index contributed by atoms with van der Waals surface area (Å²) >= 11 is 0. The molecule has 2 aromatic heterocycles. The van der Waals surface area contributed by atoms with Crippen molar-refractivity contribution < 1.29 is 9.32 Å². The van der Waals surface area contributed by atoms with Gasteiger partial charge in [0.2, 0.25) is 0 Å². The van der Waals surface area contributed by atoms with Gasteiger partial charge < -0.3 is 14.7 Å². The van der Waals surface area contributed by atoms with E-state index in [0.717, 1.165) is 44.2 Å². The van der Waals surface area contributed by atoms with Crippen LogP contribution in [0.3, 0.4) is 0 Å². The number of rotatable bonds is 5. The van der Waals surface area contributed by atoms with Gasteiger partial charge in [-0.2, -0.15) is 0 Å². The molecule has 1 N–H and O–H groups in total. The van der Waals surface area contributed by atoms with E-state index in [9.17, 15) is 4.79 Å². The molecule has 0 atom stereocenters. The molecule has 0 radical (unpaired) electrons. The van der Waals surface area contributed by atoms with Crippen LogP contribution in [0.5, 0.6) is 0 Å². The number of aryl methyl sites for hydroxylation is 1. The SMILES string of the molecule is Cc1cc(C(=O)Nc2ccc(CN3CCN(c4ccccn4)CC3)cc2)no1. The van der Waals surface area contributed by atoms with Crippen molar-refractivity contribution in [1.29, 1.82) is 0 Å². The predicted molar refractivity (Wildman–Crippen MR) is 107 cm³/mol. The summed E-state index contributed by atoms with van der Waals surface area (Å²) in [6, 6.07) is 15.6. The van der Waals surface area contributed by atoms with E-state index < -0.39 is 0 Å². The first-order valence-corrected chi connectivity index (χ1v) is 9.39. The summed E-state index contributed by atoms with van der Waals surface area (Å²) in [7, 11) is 0. The summed E-state index contributed by atoms with van der Waals surface area (Å²) in [6.45, 7) is 6.60. The van der Waals surface area contributed by atoms with Gasteiger partial charge in [-0.3, -0.25) is 9.69 Å². The summed E-state index contributed by atoms with van der Waals surface area (Å²) in [5.74, 6) is 1.39. The number of nitrogens with zero attached hydrogens (tertiary/aromatic N) is 4. The summed E-state index contributed by atoms with van der Waals surface area (Å²) in [4.78, 5) is 21.3. The molecule has 7 nitrogen and oxygen atoms in total. The number of aromatic nitrogens is 2. The predicted octanol–water partition coefficient (Wildman–Crippen LogP) is 2.95. The van der Waals surface area contributed by atoms with Gasteiger partial charge in [0.05, 0.1) is 0 Å². The van der Waals surface area contributed by atoms with Crippen molar-refractivity contribution in [2.45, 2.75) is 13.5 Å². The second-order valence-corrected chi connectivity index (χ2v) is 6.92. The van der Waals surface area contributed by atoms with E-state index in [-0.39, 0.29) is 11.6 Å². The molecule has 1 aliphatic rings. The topological polar surface area (TPSA) is 74.5 Å². The van der Waals surface area contributed by atoms with Crippen molar-refractivity contribution in [3.8, 4) is 0 Å². The van der Waals surface area contributed by atoms with Gasteiger partial charge in [-0.25, -0.2) is 4.98 Å². The number of benzene rings is 1. The van der Waals surface area contributed by atoms with Crippen LogP contribution in [0.4, 0.5) is 11.5 Å². The van der Waals surface area contributed by atoms with Gasteiger partial charge in [-0.05, 0) is 36.8 Å². The number of anilines is 2. The molecule has 7 heteroatoms. The van der Waals surface area contributed by atoms with Crippen molar-refractivity contribution >= 4 is 17.4 Å². The number of amides is 1. The molecule has 3 aromatic rings. The quantitative estimate of drug-likeness (QED) is 0.737. The summed E-state index contributed by atoms with van der Waals surface area (Å²) in [6.07, 6.45) is 1.84. The van der Waals surface area contributed by atoms with E-state index in [1.165, 1.54) is 5.56 Å². The molecule has 144 valence electrons. The minimum absolute atomic E-state index is 0.268. The molecular formula is C21H23N5O2. The Morgan fingerprint density at radius 1 is 1.11 bits per heavy atom. The van der Waals surface area contributed by atoms with E-state index in [2.05, 4.69) is 43.5 Å². The minimum atomic E-state index is -0.268. The highest BCUT2D eigenvalue weighted by Gasteiger charge is 2.18. The smallest absolute Gasteiger partial charge is 0.277 e. The molecule has 1 aromatic carbocycles. The monoisotopic (exact) mass is 377 g/mol. The molecule has 1 fully saturated rings. The summed E-state index contributed by atoms with van der Waals surface area (Å²) in [5, 5.41) is 6.57. The van der Waals surface area contributed by atoms with Crippen molar-refractivity contribution in [1.82, 2.24) is 15.0 Å². The zero-order valence-electron chi connectivity index (χ0n) is 15.8. The van der Waals surface area contributed by atoms with Crippen molar-refractivity contribution in [3.63, 3.8) is 0 Å². The first-order chi connectivity index (χ1) is 13.7. The lowest BCUT2D eigenvalue weighted by molar-refractivity contribution is 0.101. The van der Waals surface area contributed by atoms with Gasteiger partial charge in [0, 0.05) is 50.7 Å². The van der Waals surface area contributed by atoms with Crippen LogP contribution in [0, 0.1) is 6.92 Å². The number of hydrogen-bond donors (Lipinski definition) is 1. The maximum absolute atomic E-state index is 12.1. The van der Waals surface area contributed by atoms with Crippen LogP contribution in [0.1, 0.15) is 21.8 Å². The second kappa shape index (κ2) is 8.22. The third-order valence-corrected chi connectivity index (χ3v) is 4.82. The number of hydrogen-bond acceptors (Lipinski definition) is 6. The average molecular weight is 377 g/mol. The van der Waals surface area contributed by atoms with Gasteiger partial charge in [-0.1, -0.05) is 23.4 Å². The molecule has 3 heterocycles. The van der Waals surface area contributed by atoms with Crippen LogP contribution in [-0.2, 0) is 6.54 Å². The molecule has 4 rings (SSSR count). The van der Waals surface area contributed by atoms with Crippen molar-refractivity contribution in [2.24, 2.45) is 0 Å². The Morgan fingerprint density at radius 2 is 1.89 bits per heavy atom. The Kier molecular flexibility index (Phi) is 5.34. The van der Waals surface area contributed by atoms with Gasteiger partial charge in [0.1, 0.15) is 11.6 Å². The Bertz CT molecular complexity index is 915. The second-order valence-electron chi connectivity index (χ2n) is 6.92. The molecular weight excluding hydrogens is 354 g/mol. The maximum atomic E-state index is 12.1. The summed E-state index contributed by atoms with van der Waals surface area (Å²) < 4.78 is 4.94. The number of pyridine rings is 1. The number of carbonyl (C=O) groups excluding carboxylic acids is 1. The lowest BCUT2D eigenvalue weighted by Gasteiger charge is -2.35. The van der Waals surface area contributed by atoms with E-state index in [4.69, 9.17) is 4.52 Å². The van der Waals surface area contributed by atoms with Crippen molar-refractivity contribution in [2.75, 3.05) is 36.4 Å². The van der Waals surface area contributed by atoms with Gasteiger partial charge in [0.15, 0.2) is 5.69 Å². The number of nitrogens with one attached hydrogen (secondary N) is 1. The van der Waals surface area contributed by atoms with Crippen LogP contribution in [0.2, 0.25) is 0 Å². The zero-order valence-corrected chi connectivity index (χ0v) is 15.8. The molecule has 1 saturated heterocycles. The fourth-order valence-electron chi connectivity index (χ4n) is 3.30. The van der Waals surface area contributed by atoms with Gasteiger partial charge in [0.25, 0.3) is 5.91 Å². The third kappa shape index (κ3) is 4.37. The van der Waals surface area contributed by atoms with Gasteiger partial charge in [-0.15, -0.1) is 0 Å². The molecule has 0 bridgehead atoms. The lowest BCUT2D eigenvalue weighted by Crippen LogP contribution is -2.46. The number of carbonyl (C=O) groups is 1. The van der Waals surface area contributed by atoms with E-state index in [1.54, 1.807) is 13.0 Å². The largest absolute Gasteiger partial charge is 0.361 e. The molecule has 28 heavy (non-hydrogen) atoms. The van der Waals surface area contributed by atoms with Crippen LogP contribution in [0.25, 0.3) is 0 Å². The highest BCUT2D eigenvalue weighted by Crippen LogP contribution is 2.16. The van der Waals surface area contributed by atoms with Crippen LogP contribution < -0.4 is 10.2 Å². The first-order valence-electron chi connectivity index (χ1n) is 9.39. The molecule has 0 saturated carbocycles. The Balaban J connectivity index is 1.28. The average Bonchev–Trinajstić information content (AvgIpc) is 3.17. The highest BCUT2D eigenvalue weighted by atomic mass is 16.5. The molecule has 0 aliphatic carbocycles. The maximum Gasteiger partial charge on any atom is 0.277 e. The molecule has 0 unspecified atom stereocenters. The minimum Gasteiger partial charge on any atom is -0.361 e. The number of piperazine rings is 1. The Labute approximate surface area is 164 Å². The standard InChI is InChI=1S/C21H23N5O2/c1-16-14-19(24-28-16)21(27)23-18-7-5-17(6-8-18)15-25-10-12-26(13-11-25)20-4-2-3-9-22-20/h2-9,14H,10-13,15H2,1H3,(H,23,27). The normalized spacial score (nSPS) is 14.8. The molecule has 0 spiro atoms. The third-order valence-electron chi connectivity index (χ3n) is 4.82.